The smallest absolute Gasteiger partial charge is 0.328 e. The zero-order chi connectivity index (χ0) is 27.3. The average Bonchev–Trinajstić information content (AvgIpc) is 2.90. The highest BCUT2D eigenvalue weighted by molar-refractivity contribution is 6.05. The first kappa shape index (κ1) is 27.4. The van der Waals surface area contributed by atoms with E-state index in [0.29, 0.717) is 24.5 Å². The lowest BCUT2D eigenvalue weighted by Gasteiger charge is -2.44. The van der Waals surface area contributed by atoms with Gasteiger partial charge in [-0.15, -0.1) is 0 Å². The summed E-state index contributed by atoms with van der Waals surface area (Å²) in [6.45, 7) is 7.66. The second-order valence-electron chi connectivity index (χ2n) is 11.1. The van der Waals surface area contributed by atoms with E-state index >= 15 is 0 Å². The SMILES string of the molecule is CCOC(=O)[C@H](Cc1ccc(Nc2ncccc2NC(=O)C(C)(C)C)cc1)NC1=CC(=O)C12CCCCC2. The number of hydrogen-bond acceptors (Lipinski definition) is 7. The van der Waals surface area contributed by atoms with Gasteiger partial charge in [0.15, 0.2) is 11.6 Å². The quantitative estimate of drug-likeness (QED) is 0.387. The van der Waals surface area contributed by atoms with Gasteiger partial charge < -0.3 is 20.7 Å². The van der Waals surface area contributed by atoms with Gasteiger partial charge in [0, 0.05) is 35.5 Å². The van der Waals surface area contributed by atoms with Crippen molar-refractivity contribution in [2.45, 2.75) is 72.3 Å². The van der Waals surface area contributed by atoms with Gasteiger partial charge in [-0.3, -0.25) is 9.59 Å². The van der Waals surface area contributed by atoms with E-state index < -0.39 is 16.9 Å². The van der Waals surface area contributed by atoms with Crippen molar-refractivity contribution in [2.75, 3.05) is 17.2 Å². The molecule has 1 aromatic carbocycles. The number of aromatic nitrogens is 1. The Labute approximate surface area is 224 Å². The van der Waals surface area contributed by atoms with Crippen molar-refractivity contribution in [3.8, 4) is 0 Å². The monoisotopic (exact) mass is 518 g/mol. The first-order valence-electron chi connectivity index (χ1n) is 13.4. The van der Waals surface area contributed by atoms with Crippen LogP contribution in [0, 0.1) is 10.8 Å². The van der Waals surface area contributed by atoms with Crippen LogP contribution in [-0.4, -0.2) is 35.3 Å². The fourth-order valence-electron chi connectivity index (χ4n) is 4.95. The third-order valence-corrected chi connectivity index (χ3v) is 7.26. The standard InChI is InChI=1S/C30H38N4O4/c1-5-38-27(36)23(33-24-19-25(35)30(24)15-7-6-8-16-30)18-20-11-13-21(14-12-20)32-26-22(10-9-17-31-26)34-28(37)29(2,3)4/h9-14,17,19,23,33H,5-8,15-16,18H2,1-4H3,(H,31,32)(H,34,37)/t23-/m0/s1. The van der Waals surface area contributed by atoms with Gasteiger partial charge in [0.1, 0.15) is 6.04 Å². The van der Waals surface area contributed by atoms with Crippen LogP contribution in [0.2, 0.25) is 0 Å². The summed E-state index contributed by atoms with van der Waals surface area (Å²) in [6.07, 6.45) is 8.62. The first-order valence-corrected chi connectivity index (χ1v) is 13.4. The van der Waals surface area contributed by atoms with Gasteiger partial charge in [0.25, 0.3) is 0 Å². The van der Waals surface area contributed by atoms with Gasteiger partial charge in [-0.05, 0) is 49.6 Å². The number of pyridine rings is 1. The predicted octanol–water partition coefficient (Wildman–Crippen LogP) is 5.29. The molecule has 8 nitrogen and oxygen atoms in total. The van der Waals surface area contributed by atoms with Gasteiger partial charge in [0.2, 0.25) is 5.91 Å². The van der Waals surface area contributed by atoms with E-state index in [9.17, 15) is 14.4 Å². The van der Waals surface area contributed by atoms with Gasteiger partial charge in [-0.2, -0.15) is 0 Å². The molecular formula is C30H38N4O4. The minimum Gasteiger partial charge on any atom is -0.464 e. The third-order valence-electron chi connectivity index (χ3n) is 7.26. The number of benzene rings is 1. The zero-order valence-corrected chi connectivity index (χ0v) is 22.7. The third kappa shape index (κ3) is 6.06. The number of allylic oxidation sites excluding steroid dienone is 2. The largest absolute Gasteiger partial charge is 0.464 e. The minimum atomic E-state index is -0.582. The van der Waals surface area contributed by atoms with Crippen molar-refractivity contribution in [1.29, 1.82) is 0 Å². The fraction of sp³-hybridized carbons (Fsp3) is 0.467. The second-order valence-corrected chi connectivity index (χ2v) is 11.1. The molecule has 1 spiro atoms. The molecule has 202 valence electrons. The van der Waals surface area contributed by atoms with Crippen LogP contribution in [0.3, 0.4) is 0 Å². The number of esters is 1. The molecule has 2 aliphatic carbocycles. The van der Waals surface area contributed by atoms with Crippen molar-refractivity contribution in [2.24, 2.45) is 10.8 Å². The lowest BCUT2D eigenvalue weighted by atomic mass is 9.62. The molecule has 2 aromatic rings. The number of nitrogens with zero attached hydrogens (tertiary/aromatic N) is 1. The van der Waals surface area contributed by atoms with Gasteiger partial charge in [-0.25, -0.2) is 9.78 Å². The molecule has 0 bridgehead atoms. The zero-order valence-electron chi connectivity index (χ0n) is 22.7. The van der Waals surface area contributed by atoms with E-state index in [0.717, 1.165) is 49.1 Å². The number of ketones is 1. The van der Waals surface area contributed by atoms with Crippen LogP contribution in [0.1, 0.15) is 65.4 Å². The summed E-state index contributed by atoms with van der Waals surface area (Å²) >= 11 is 0. The number of anilines is 3. The number of amides is 1. The molecule has 1 amide bonds. The maximum absolute atomic E-state index is 12.8. The number of nitrogens with one attached hydrogen (secondary N) is 3. The molecule has 2 aliphatic rings. The maximum atomic E-state index is 12.8. The number of carbonyl (C=O) groups excluding carboxylic acids is 3. The summed E-state index contributed by atoms with van der Waals surface area (Å²) in [7, 11) is 0. The van der Waals surface area contributed by atoms with Crippen molar-refractivity contribution >= 4 is 34.9 Å². The molecule has 1 fully saturated rings. The molecule has 8 heteroatoms. The summed E-state index contributed by atoms with van der Waals surface area (Å²) in [5.74, 6) is 0.293. The van der Waals surface area contributed by atoms with E-state index in [-0.39, 0.29) is 17.7 Å². The van der Waals surface area contributed by atoms with Crippen LogP contribution in [-0.2, 0) is 25.5 Å². The predicted molar refractivity (Wildman–Crippen MR) is 148 cm³/mol. The minimum absolute atomic E-state index is 0.0975. The van der Waals surface area contributed by atoms with Crippen molar-refractivity contribution in [1.82, 2.24) is 10.3 Å². The van der Waals surface area contributed by atoms with Crippen LogP contribution >= 0.6 is 0 Å². The van der Waals surface area contributed by atoms with Crippen LogP contribution in [0.4, 0.5) is 17.2 Å². The van der Waals surface area contributed by atoms with Crippen LogP contribution in [0.5, 0.6) is 0 Å². The Balaban J connectivity index is 1.45. The molecule has 0 aliphatic heterocycles. The number of carbonyl (C=O) groups is 3. The van der Waals surface area contributed by atoms with Crippen LogP contribution in [0.15, 0.2) is 54.4 Å². The molecule has 38 heavy (non-hydrogen) atoms. The number of hydrogen-bond donors (Lipinski definition) is 3. The normalized spacial score (nSPS) is 17.2. The van der Waals surface area contributed by atoms with Crippen molar-refractivity contribution < 1.29 is 19.1 Å². The van der Waals surface area contributed by atoms with E-state index in [2.05, 4.69) is 20.9 Å². The Morgan fingerprint density at radius 3 is 2.42 bits per heavy atom. The van der Waals surface area contributed by atoms with Gasteiger partial charge >= 0.3 is 5.97 Å². The molecule has 0 radical (unpaired) electrons. The highest BCUT2D eigenvalue weighted by atomic mass is 16.5. The summed E-state index contributed by atoms with van der Waals surface area (Å²) in [6, 6.07) is 10.7. The summed E-state index contributed by atoms with van der Waals surface area (Å²) < 4.78 is 5.35. The first-order chi connectivity index (χ1) is 18.1. The summed E-state index contributed by atoms with van der Waals surface area (Å²) in [4.78, 5) is 42.2. The molecule has 1 heterocycles. The van der Waals surface area contributed by atoms with E-state index in [1.807, 2.05) is 51.1 Å². The molecule has 0 saturated heterocycles. The van der Waals surface area contributed by atoms with Crippen molar-refractivity contribution in [3.63, 3.8) is 0 Å². The summed E-state index contributed by atoms with van der Waals surface area (Å²) in [5.41, 5.74) is 2.25. The molecular weight excluding hydrogens is 480 g/mol. The molecule has 1 saturated carbocycles. The molecule has 1 atom stereocenters. The van der Waals surface area contributed by atoms with Crippen molar-refractivity contribution in [3.05, 3.63) is 59.9 Å². The van der Waals surface area contributed by atoms with Gasteiger partial charge in [-0.1, -0.05) is 52.2 Å². The Morgan fingerprint density at radius 1 is 1.08 bits per heavy atom. The topological polar surface area (TPSA) is 109 Å². The number of ether oxygens (including phenoxy) is 1. The highest BCUT2D eigenvalue weighted by Gasteiger charge is 2.49. The lowest BCUT2D eigenvalue weighted by molar-refractivity contribution is -0.146. The van der Waals surface area contributed by atoms with Crippen LogP contribution in [0.25, 0.3) is 0 Å². The lowest BCUT2D eigenvalue weighted by Crippen LogP contribution is -2.52. The van der Waals surface area contributed by atoms with E-state index in [1.165, 1.54) is 0 Å². The Bertz CT molecular complexity index is 1210. The molecule has 4 rings (SSSR count). The Morgan fingerprint density at radius 2 is 1.79 bits per heavy atom. The van der Waals surface area contributed by atoms with Crippen LogP contribution < -0.4 is 16.0 Å². The molecule has 3 N–H and O–H groups in total. The summed E-state index contributed by atoms with van der Waals surface area (Å²) in [5, 5.41) is 9.57. The molecule has 1 aromatic heterocycles. The maximum Gasteiger partial charge on any atom is 0.328 e. The Kier molecular flexibility index (Phi) is 8.19. The molecule has 0 unspecified atom stereocenters. The highest BCUT2D eigenvalue weighted by Crippen LogP contribution is 2.48. The average molecular weight is 519 g/mol. The van der Waals surface area contributed by atoms with Gasteiger partial charge in [0.05, 0.1) is 17.7 Å². The Hall–Kier alpha value is -3.68. The van der Waals surface area contributed by atoms with E-state index in [4.69, 9.17) is 4.74 Å². The number of rotatable bonds is 9. The fourth-order valence-corrected chi connectivity index (χ4v) is 4.95. The van der Waals surface area contributed by atoms with E-state index in [1.54, 1.807) is 25.3 Å². The second kappa shape index (κ2) is 11.4.